The molecule has 4 heterocycles. The van der Waals surface area contributed by atoms with Crippen LogP contribution >= 0.6 is 0 Å². The smallest absolute Gasteiger partial charge is 0.146 e. The number of para-hydroxylation sites is 2. The van der Waals surface area contributed by atoms with E-state index in [1.807, 2.05) is 36.7 Å². The lowest BCUT2D eigenvalue weighted by Crippen LogP contribution is -2.30. The molecular formula is C49H29N3O. The number of nitrogens with zero attached hydrogens (tertiary/aromatic N) is 3. The number of rotatable bonds is 2. The summed E-state index contributed by atoms with van der Waals surface area (Å²) in [7, 11) is 0. The number of benzene rings is 6. The third-order valence-electron chi connectivity index (χ3n) is 11.5. The van der Waals surface area contributed by atoms with Crippen molar-refractivity contribution in [2.45, 2.75) is 5.41 Å². The Kier molecular flexibility index (Phi) is 5.67. The highest BCUT2D eigenvalue weighted by Crippen LogP contribution is 2.59. The molecule has 246 valence electrons. The predicted molar refractivity (Wildman–Crippen MR) is 215 cm³/mol. The van der Waals surface area contributed by atoms with Crippen molar-refractivity contribution in [2.24, 2.45) is 0 Å². The van der Waals surface area contributed by atoms with Crippen LogP contribution < -0.4 is 0 Å². The Morgan fingerprint density at radius 3 is 2.15 bits per heavy atom. The van der Waals surface area contributed by atoms with Crippen LogP contribution in [0.4, 0.5) is 0 Å². The second-order valence-electron chi connectivity index (χ2n) is 14.1. The fourth-order valence-corrected chi connectivity index (χ4v) is 9.31. The molecule has 6 aromatic carbocycles. The van der Waals surface area contributed by atoms with Crippen LogP contribution in [-0.2, 0) is 5.41 Å². The van der Waals surface area contributed by atoms with E-state index in [0.29, 0.717) is 0 Å². The van der Waals surface area contributed by atoms with Crippen molar-refractivity contribution < 1.29 is 4.42 Å². The number of hydrogen-bond donors (Lipinski definition) is 0. The van der Waals surface area contributed by atoms with Gasteiger partial charge in [-0.3, -0.25) is 4.57 Å². The highest BCUT2D eigenvalue weighted by molar-refractivity contribution is 6.10. The molecule has 0 saturated heterocycles. The second-order valence-corrected chi connectivity index (χ2v) is 14.1. The molecule has 0 fully saturated rings. The standard InChI is InChI=1S/C49H29N3O/c1-5-15-40-30(11-1)20-21-31-22-23-32(33-25-39-35-13-3-7-17-44(35)52(48(39)51-29-33)47-19-9-10-24-50-47)26-42(31)49(40)41-16-6-2-12-34(41)37-27-38-36-14-4-8-18-45(36)53-46(38)28-43(37)49/h1-29H. The van der Waals surface area contributed by atoms with Gasteiger partial charge in [-0.25, -0.2) is 9.97 Å². The van der Waals surface area contributed by atoms with Crippen LogP contribution in [0.1, 0.15) is 33.4 Å². The largest absolute Gasteiger partial charge is 0.456 e. The van der Waals surface area contributed by atoms with Crippen LogP contribution in [0.15, 0.2) is 168 Å². The summed E-state index contributed by atoms with van der Waals surface area (Å²) in [6.45, 7) is 0. The number of aromatic nitrogens is 3. The lowest BCUT2D eigenvalue weighted by atomic mass is 9.65. The van der Waals surface area contributed by atoms with Crippen LogP contribution in [0.2, 0.25) is 0 Å². The van der Waals surface area contributed by atoms with Crippen LogP contribution in [-0.4, -0.2) is 14.5 Å². The molecule has 0 amide bonds. The average molecular weight is 676 g/mol. The number of furan rings is 1. The van der Waals surface area contributed by atoms with Crippen molar-refractivity contribution in [3.8, 4) is 28.1 Å². The quantitative estimate of drug-likeness (QED) is 0.183. The van der Waals surface area contributed by atoms with Crippen molar-refractivity contribution >= 4 is 56.0 Å². The second kappa shape index (κ2) is 10.5. The van der Waals surface area contributed by atoms with Gasteiger partial charge < -0.3 is 4.42 Å². The molecule has 0 radical (unpaired) electrons. The van der Waals surface area contributed by atoms with Crippen LogP contribution in [0.25, 0.3) is 84.1 Å². The lowest BCUT2D eigenvalue weighted by Gasteiger charge is -2.35. The van der Waals surface area contributed by atoms with Gasteiger partial charge >= 0.3 is 0 Å². The third kappa shape index (κ3) is 3.79. The highest BCUT2D eigenvalue weighted by Gasteiger charge is 2.49. The normalized spacial score (nSPS) is 15.5. The Labute approximate surface area is 304 Å². The topological polar surface area (TPSA) is 43.9 Å². The Morgan fingerprint density at radius 2 is 1.25 bits per heavy atom. The molecule has 1 unspecified atom stereocenters. The average Bonchev–Trinajstić information content (AvgIpc) is 3.81. The summed E-state index contributed by atoms with van der Waals surface area (Å²) < 4.78 is 8.75. The van der Waals surface area contributed by atoms with E-state index >= 15 is 0 Å². The first kappa shape index (κ1) is 28.6. The SMILES string of the molecule is C1=Cc2ccc(-c3cnc4c(c3)c3ccccc3n4-c3ccccn3)cc2C2(c3ccccc31)c1ccccc1-c1cc3c(cc12)oc1ccccc13. The molecule has 10 aromatic rings. The number of fused-ring (bicyclic) bond motifs is 15. The minimum absolute atomic E-state index is 0.586. The summed E-state index contributed by atoms with van der Waals surface area (Å²) in [5, 5.41) is 4.53. The van der Waals surface area contributed by atoms with Gasteiger partial charge in [0.2, 0.25) is 0 Å². The van der Waals surface area contributed by atoms with Gasteiger partial charge in [0, 0.05) is 39.5 Å². The number of pyridine rings is 2. The first-order valence-corrected chi connectivity index (χ1v) is 18.1. The predicted octanol–water partition coefficient (Wildman–Crippen LogP) is 12.0. The Hall–Kier alpha value is -7.04. The summed E-state index contributed by atoms with van der Waals surface area (Å²) >= 11 is 0. The minimum atomic E-state index is -0.586. The molecule has 0 bridgehead atoms. The van der Waals surface area contributed by atoms with Gasteiger partial charge in [0.1, 0.15) is 22.6 Å². The van der Waals surface area contributed by atoms with Crippen LogP contribution in [0, 0.1) is 0 Å². The maximum absolute atomic E-state index is 6.59. The van der Waals surface area contributed by atoms with Crippen molar-refractivity contribution in [1.29, 1.82) is 0 Å². The number of hydrogen-bond acceptors (Lipinski definition) is 3. The first-order chi connectivity index (χ1) is 26.3. The van der Waals surface area contributed by atoms with Gasteiger partial charge in [0.15, 0.2) is 0 Å². The summed E-state index contributed by atoms with van der Waals surface area (Å²) in [5.74, 6) is 0.855. The van der Waals surface area contributed by atoms with Crippen molar-refractivity contribution in [3.05, 3.63) is 197 Å². The molecule has 2 aliphatic rings. The summed E-state index contributed by atoms with van der Waals surface area (Å²) in [4.78, 5) is 9.85. The van der Waals surface area contributed by atoms with Crippen LogP contribution in [0.5, 0.6) is 0 Å². The Balaban J connectivity index is 1.15. The first-order valence-electron chi connectivity index (χ1n) is 18.1. The fourth-order valence-electron chi connectivity index (χ4n) is 9.31. The van der Waals surface area contributed by atoms with Gasteiger partial charge in [-0.1, -0.05) is 115 Å². The van der Waals surface area contributed by atoms with Crippen molar-refractivity contribution in [3.63, 3.8) is 0 Å². The summed E-state index contributed by atoms with van der Waals surface area (Å²) in [6, 6.07) is 54.7. The van der Waals surface area contributed by atoms with E-state index in [2.05, 4.69) is 144 Å². The maximum atomic E-state index is 6.59. The van der Waals surface area contributed by atoms with E-state index < -0.39 is 5.41 Å². The fraction of sp³-hybridized carbons (Fsp3) is 0.0204. The molecular weight excluding hydrogens is 647 g/mol. The van der Waals surface area contributed by atoms with E-state index in [1.165, 1.54) is 44.5 Å². The molecule has 4 heteroatoms. The van der Waals surface area contributed by atoms with Gasteiger partial charge in [0.25, 0.3) is 0 Å². The molecule has 1 spiro atoms. The maximum Gasteiger partial charge on any atom is 0.146 e. The molecule has 0 aliphatic heterocycles. The Morgan fingerprint density at radius 1 is 0.472 bits per heavy atom. The molecule has 53 heavy (non-hydrogen) atoms. The van der Waals surface area contributed by atoms with E-state index in [9.17, 15) is 0 Å². The van der Waals surface area contributed by atoms with Crippen molar-refractivity contribution in [1.82, 2.24) is 14.5 Å². The molecule has 4 aromatic heterocycles. The summed E-state index contributed by atoms with van der Waals surface area (Å²) in [5.41, 5.74) is 15.3. The Bertz CT molecular complexity index is 3180. The van der Waals surface area contributed by atoms with E-state index in [0.717, 1.165) is 60.8 Å². The third-order valence-corrected chi connectivity index (χ3v) is 11.5. The van der Waals surface area contributed by atoms with Gasteiger partial charge in [-0.05, 0) is 98.6 Å². The monoisotopic (exact) mass is 675 g/mol. The molecule has 1 atom stereocenters. The van der Waals surface area contributed by atoms with Gasteiger partial charge in [-0.2, -0.15) is 0 Å². The zero-order valence-corrected chi connectivity index (χ0v) is 28.5. The molecule has 0 saturated carbocycles. The van der Waals surface area contributed by atoms with E-state index in [1.54, 1.807) is 0 Å². The zero-order chi connectivity index (χ0) is 34.7. The van der Waals surface area contributed by atoms with Gasteiger partial charge in [-0.15, -0.1) is 0 Å². The highest BCUT2D eigenvalue weighted by atomic mass is 16.3. The molecule has 4 nitrogen and oxygen atoms in total. The van der Waals surface area contributed by atoms with Crippen LogP contribution in [0.3, 0.4) is 0 Å². The molecule has 0 N–H and O–H groups in total. The lowest BCUT2D eigenvalue weighted by molar-refractivity contribution is 0.666. The molecule has 12 rings (SSSR count). The van der Waals surface area contributed by atoms with Crippen molar-refractivity contribution in [2.75, 3.05) is 0 Å². The minimum Gasteiger partial charge on any atom is -0.456 e. The molecule has 2 aliphatic carbocycles. The zero-order valence-electron chi connectivity index (χ0n) is 28.5. The summed E-state index contributed by atoms with van der Waals surface area (Å²) in [6.07, 6.45) is 8.42. The van der Waals surface area contributed by atoms with Gasteiger partial charge in [0.05, 0.1) is 10.9 Å². The van der Waals surface area contributed by atoms with E-state index in [-0.39, 0.29) is 0 Å². The van der Waals surface area contributed by atoms with E-state index in [4.69, 9.17) is 14.4 Å².